The molecule has 0 fully saturated rings. The van der Waals surface area contributed by atoms with E-state index in [1.54, 1.807) is 6.20 Å². The van der Waals surface area contributed by atoms with Crippen molar-refractivity contribution in [2.24, 2.45) is 10.7 Å². The molecule has 5 N–H and O–H groups in total. The Morgan fingerprint density at radius 3 is 2.90 bits per heavy atom. The van der Waals surface area contributed by atoms with Crippen molar-refractivity contribution in [3.8, 4) is 0 Å². The van der Waals surface area contributed by atoms with Crippen LogP contribution in [0, 0.1) is 0 Å². The quantitative estimate of drug-likeness (QED) is 0.385. The first-order valence-corrected chi connectivity index (χ1v) is 6.00. The zero-order chi connectivity index (χ0) is 13.7. The maximum absolute atomic E-state index is 12.0. The lowest BCUT2D eigenvalue weighted by molar-refractivity contribution is 0.0978. The molecule has 0 aliphatic carbocycles. The minimum atomic E-state index is -0.303. The number of rotatable bonds is 4. The number of hydrogen-bond acceptors (Lipinski definition) is 3. The van der Waals surface area contributed by atoms with Crippen molar-refractivity contribution >= 4 is 35.2 Å². The number of guanidine groups is 1. The fraction of sp³-hybridized carbons (Fsp3) is 0.231. The fourth-order valence-electron chi connectivity index (χ4n) is 1.75. The van der Waals surface area contributed by atoms with Gasteiger partial charge in [-0.2, -0.15) is 0 Å². The second kappa shape index (κ2) is 7.52. The Morgan fingerprint density at radius 2 is 2.15 bits per heavy atom. The lowest BCUT2D eigenvalue weighted by atomic mass is 10.1. The number of aliphatic hydroxyl groups is 1. The van der Waals surface area contributed by atoms with Gasteiger partial charge in [0.25, 0.3) is 5.91 Å². The Hall–Kier alpha value is -2.05. The number of carbonyl (C=O) groups excluding carboxylic acids is 1. The standard InChI is InChI=1S/C13H16N4O2.ClH/c14-13(15-6-3-7-18)17-12(19)10-8-16-11-5-2-1-4-9(10)11;/h1-2,4-5,8,16,18H,3,6-7H2,(H3,14,15,17,19);1H. The fourth-order valence-corrected chi connectivity index (χ4v) is 1.75. The van der Waals surface area contributed by atoms with E-state index in [1.807, 2.05) is 24.3 Å². The summed E-state index contributed by atoms with van der Waals surface area (Å²) in [6.07, 6.45) is 2.16. The van der Waals surface area contributed by atoms with Gasteiger partial charge in [-0.05, 0) is 12.5 Å². The van der Waals surface area contributed by atoms with Gasteiger partial charge in [-0.3, -0.25) is 15.1 Å². The number of fused-ring (bicyclic) bond motifs is 1. The second-order valence-electron chi connectivity index (χ2n) is 4.05. The maximum Gasteiger partial charge on any atom is 0.260 e. The molecule has 2 rings (SSSR count). The summed E-state index contributed by atoms with van der Waals surface area (Å²) in [6.45, 7) is 0.434. The molecule has 1 heterocycles. The summed E-state index contributed by atoms with van der Waals surface area (Å²) in [7, 11) is 0. The highest BCUT2D eigenvalue weighted by Crippen LogP contribution is 2.17. The Labute approximate surface area is 122 Å². The molecule has 0 aliphatic rings. The predicted molar refractivity (Wildman–Crippen MR) is 81.2 cm³/mol. The number of aromatic nitrogens is 1. The Kier molecular flexibility index (Phi) is 6.02. The molecule has 0 radical (unpaired) electrons. The number of nitrogens with one attached hydrogen (secondary N) is 2. The lowest BCUT2D eigenvalue weighted by Gasteiger charge is -2.03. The van der Waals surface area contributed by atoms with Crippen LogP contribution in [-0.2, 0) is 0 Å². The molecular formula is C13H17ClN4O2. The van der Waals surface area contributed by atoms with Crippen molar-refractivity contribution in [3.05, 3.63) is 36.0 Å². The number of aliphatic imine (C=N–C) groups is 1. The lowest BCUT2D eigenvalue weighted by Crippen LogP contribution is -2.36. The summed E-state index contributed by atoms with van der Waals surface area (Å²) in [5, 5.41) is 12.0. The van der Waals surface area contributed by atoms with Gasteiger partial charge in [0, 0.05) is 30.3 Å². The van der Waals surface area contributed by atoms with E-state index in [2.05, 4.69) is 15.3 Å². The van der Waals surface area contributed by atoms with Crippen molar-refractivity contribution in [1.29, 1.82) is 0 Å². The average molecular weight is 297 g/mol. The molecule has 0 saturated heterocycles. The van der Waals surface area contributed by atoms with E-state index < -0.39 is 0 Å². The SMILES string of the molecule is Cl.NC(=NCCCO)NC(=O)c1c[nH]c2ccccc12. The van der Waals surface area contributed by atoms with Gasteiger partial charge < -0.3 is 15.8 Å². The van der Waals surface area contributed by atoms with E-state index in [0.717, 1.165) is 10.9 Å². The molecule has 0 aliphatic heterocycles. The van der Waals surface area contributed by atoms with Crippen LogP contribution in [0.4, 0.5) is 0 Å². The largest absolute Gasteiger partial charge is 0.396 e. The smallest absolute Gasteiger partial charge is 0.260 e. The first-order valence-electron chi connectivity index (χ1n) is 6.00. The third-order valence-corrected chi connectivity index (χ3v) is 2.67. The van der Waals surface area contributed by atoms with Gasteiger partial charge in [0.2, 0.25) is 0 Å². The molecule has 20 heavy (non-hydrogen) atoms. The van der Waals surface area contributed by atoms with E-state index in [4.69, 9.17) is 10.8 Å². The normalized spacial score (nSPS) is 11.2. The first-order chi connectivity index (χ1) is 9.22. The molecule has 1 aromatic heterocycles. The van der Waals surface area contributed by atoms with Crippen LogP contribution in [-0.4, -0.2) is 35.1 Å². The van der Waals surface area contributed by atoms with E-state index in [0.29, 0.717) is 18.5 Å². The monoisotopic (exact) mass is 296 g/mol. The number of benzene rings is 1. The number of aromatic amines is 1. The number of nitrogens with two attached hydrogens (primary N) is 1. The van der Waals surface area contributed by atoms with Crippen LogP contribution < -0.4 is 11.1 Å². The van der Waals surface area contributed by atoms with E-state index in [9.17, 15) is 4.79 Å². The predicted octanol–water partition coefficient (Wildman–Crippen LogP) is 1.02. The zero-order valence-corrected chi connectivity index (χ0v) is 11.6. The number of amides is 1. The van der Waals surface area contributed by atoms with Crippen LogP contribution in [0.25, 0.3) is 10.9 Å². The number of hydrogen-bond donors (Lipinski definition) is 4. The van der Waals surface area contributed by atoms with Crippen LogP contribution in [0.15, 0.2) is 35.5 Å². The van der Waals surface area contributed by atoms with Crippen molar-refractivity contribution in [1.82, 2.24) is 10.3 Å². The molecule has 0 saturated carbocycles. The number of halogens is 1. The Balaban J connectivity index is 0.00000200. The first kappa shape index (κ1) is 16.0. The van der Waals surface area contributed by atoms with Gasteiger partial charge in [0.15, 0.2) is 5.96 Å². The Morgan fingerprint density at radius 1 is 1.40 bits per heavy atom. The number of nitrogens with zero attached hydrogens (tertiary/aromatic N) is 1. The maximum atomic E-state index is 12.0. The summed E-state index contributed by atoms with van der Waals surface area (Å²) < 4.78 is 0. The number of H-pyrrole nitrogens is 1. The highest BCUT2D eigenvalue weighted by Gasteiger charge is 2.11. The van der Waals surface area contributed by atoms with E-state index >= 15 is 0 Å². The van der Waals surface area contributed by atoms with E-state index in [1.165, 1.54) is 0 Å². The topological polar surface area (TPSA) is 104 Å². The van der Waals surface area contributed by atoms with Gasteiger partial charge in [-0.25, -0.2) is 0 Å². The highest BCUT2D eigenvalue weighted by atomic mass is 35.5. The summed E-state index contributed by atoms with van der Waals surface area (Å²) >= 11 is 0. The molecule has 0 unspecified atom stereocenters. The van der Waals surface area contributed by atoms with Crippen LogP contribution in [0.3, 0.4) is 0 Å². The molecule has 1 amide bonds. The molecule has 1 aromatic carbocycles. The Bertz CT molecular complexity index is 609. The number of para-hydroxylation sites is 1. The van der Waals surface area contributed by atoms with Crippen LogP contribution in [0.1, 0.15) is 16.8 Å². The number of aliphatic hydroxyl groups excluding tert-OH is 1. The molecule has 0 atom stereocenters. The summed E-state index contributed by atoms with van der Waals surface area (Å²) in [5.41, 5.74) is 7.01. The van der Waals surface area contributed by atoms with Crippen molar-refractivity contribution in [3.63, 3.8) is 0 Å². The van der Waals surface area contributed by atoms with Crippen LogP contribution >= 0.6 is 12.4 Å². The minimum absolute atomic E-state index is 0. The molecule has 7 heteroatoms. The van der Waals surface area contributed by atoms with Gasteiger partial charge in [0.05, 0.1) is 5.56 Å². The van der Waals surface area contributed by atoms with Crippen LogP contribution in [0.2, 0.25) is 0 Å². The summed E-state index contributed by atoms with van der Waals surface area (Å²) in [4.78, 5) is 19.0. The van der Waals surface area contributed by atoms with Crippen molar-refractivity contribution in [2.75, 3.05) is 13.2 Å². The molecule has 108 valence electrons. The van der Waals surface area contributed by atoms with Gasteiger partial charge >= 0.3 is 0 Å². The minimum Gasteiger partial charge on any atom is -0.396 e. The average Bonchev–Trinajstić information content (AvgIpc) is 2.83. The van der Waals surface area contributed by atoms with Gasteiger partial charge in [0.1, 0.15) is 0 Å². The highest BCUT2D eigenvalue weighted by molar-refractivity contribution is 6.12. The zero-order valence-electron chi connectivity index (χ0n) is 10.8. The second-order valence-corrected chi connectivity index (χ2v) is 4.05. The number of carbonyl (C=O) groups is 1. The van der Waals surface area contributed by atoms with Crippen molar-refractivity contribution in [2.45, 2.75) is 6.42 Å². The molecular weight excluding hydrogens is 280 g/mol. The molecule has 0 bridgehead atoms. The molecule has 2 aromatic rings. The third-order valence-electron chi connectivity index (χ3n) is 2.67. The molecule has 0 spiro atoms. The summed E-state index contributed by atoms with van der Waals surface area (Å²) in [6, 6.07) is 7.52. The van der Waals surface area contributed by atoms with Gasteiger partial charge in [-0.15, -0.1) is 12.4 Å². The third kappa shape index (κ3) is 3.72. The molecule has 6 nitrogen and oxygen atoms in total. The summed E-state index contributed by atoms with van der Waals surface area (Å²) in [5.74, 6) is -0.244. The van der Waals surface area contributed by atoms with Crippen molar-refractivity contribution < 1.29 is 9.90 Å². The van der Waals surface area contributed by atoms with E-state index in [-0.39, 0.29) is 30.9 Å². The van der Waals surface area contributed by atoms with Crippen LogP contribution in [0.5, 0.6) is 0 Å². The van der Waals surface area contributed by atoms with Gasteiger partial charge in [-0.1, -0.05) is 18.2 Å².